The molecule has 1 saturated carbocycles. The molecule has 1 aliphatic rings. The molecule has 1 aliphatic carbocycles. The lowest BCUT2D eigenvalue weighted by molar-refractivity contribution is 0.397. The average molecular weight is 179 g/mol. The van der Waals surface area contributed by atoms with E-state index in [-0.39, 0.29) is 0 Å². The van der Waals surface area contributed by atoms with E-state index in [9.17, 15) is 0 Å². The maximum Gasteiger partial charge on any atom is 0.218 e. The van der Waals surface area contributed by atoms with Gasteiger partial charge in [-0.2, -0.15) is 0 Å². The van der Waals surface area contributed by atoms with Gasteiger partial charge in [-0.15, -0.1) is 0 Å². The van der Waals surface area contributed by atoms with E-state index < -0.39 is 0 Å². The summed E-state index contributed by atoms with van der Waals surface area (Å²) in [6.07, 6.45) is 2.74. The second-order valence-corrected chi connectivity index (χ2v) is 3.41. The summed E-state index contributed by atoms with van der Waals surface area (Å²) in [5.74, 6) is 2.22. The Labute approximate surface area is 77.4 Å². The van der Waals surface area contributed by atoms with Crippen LogP contribution in [-0.4, -0.2) is 23.1 Å². The van der Waals surface area contributed by atoms with Gasteiger partial charge in [-0.25, -0.2) is 9.97 Å². The third kappa shape index (κ3) is 1.88. The molecule has 1 heterocycles. The van der Waals surface area contributed by atoms with Gasteiger partial charge in [0, 0.05) is 12.1 Å². The molecule has 2 atom stereocenters. The van der Waals surface area contributed by atoms with Crippen LogP contribution in [0, 0.1) is 5.92 Å². The van der Waals surface area contributed by atoms with E-state index in [4.69, 9.17) is 4.74 Å². The van der Waals surface area contributed by atoms with E-state index >= 15 is 0 Å². The van der Waals surface area contributed by atoms with E-state index in [0.717, 1.165) is 11.7 Å². The van der Waals surface area contributed by atoms with Gasteiger partial charge in [0.05, 0.1) is 7.11 Å². The van der Waals surface area contributed by atoms with Crippen LogP contribution in [0.5, 0.6) is 5.88 Å². The Morgan fingerprint density at radius 2 is 2.31 bits per heavy atom. The Morgan fingerprint density at radius 1 is 1.54 bits per heavy atom. The minimum Gasteiger partial charge on any atom is -0.481 e. The summed E-state index contributed by atoms with van der Waals surface area (Å²) >= 11 is 0. The number of anilines is 1. The fourth-order valence-electron chi connectivity index (χ4n) is 1.24. The third-order valence-electron chi connectivity index (χ3n) is 2.29. The van der Waals surface area contributed by atoms with Crippen molar-refractivity contribution >= 4 is 5.82 Å². The number of rotatable bonds is 3. The van der Waals surface area contributed by atoms with Crippen LogP contribution in [0.4, 0.5) is 5.82 Å². The van der Waals surface area contributed by atoms with Crippen LogP contribution in [0.25, 0.3) is 0 Å². The summed E-state index contributed by atoms with van der Waals surface area (Å²) in [5.41, 5.74) is 0. The zero-order valence-electron chi connectivity index (χ0n) is 7.82. The molecule has 1 aromatic rings. The fourth-order valence-corrected chi connectivity index (χ4v) is 1.24. The van der Waals surface area contributed by atoms with Gasteiger partial charge in [-0.05, 0) is 12.3 Å². The zero-order chi connectivity index (χ0) is 9.26. The van der Waals surface area contributed by atoms with Crippen molar-refractivity contribution in [3.05, 3.63) is 12.4 Å². The normalized spacial score (nSPS) is 25.4. The van der Waals surface area contributed by atoms with Gasteiger partial charge in [0.25, 0.3) is 0 Å². The van der Waals surface area contributed by atoms with Crippen LogP contribution in [0.2, 0.25) is 0 Å². The molecule has 13 heavy (non-hydrogen) atoms. The number of methoxy groups -OCH3 is 1. The van der Waals surface area contributed by atoms with Crippen LogP contribution in [0.15, 0.2) is 12.4 Å². The summed E-state index contributed by atoms with van der Waals surface area (Å²) in [6, 6.07) is 2.39. The predicted octanol–water partition coefficient (Wildman–Crippen LogP) is 1.31. The van der Waals surface area contributed by atoms with Gasteiger partial charge >= 0.3 is 0 Å². The van der Waals surface area contributed by atoms with Crippen LogP contribution in [0.1, 0.15) is 13.3 Å². The highest BCUT2D eigenvalue weighted by molar-refractivity contribution is 5.39. The molecule has 70 valence electrons. The zero-order valence-corrected chi connectivity index (χ0v) is 7.82. The van der Waals surface area contributed by atoms with Crippen molar-refractivity contribution in [2.45, 2.75) is 19.4 Å². The molecule has 0 bridgehead atoms. The van der Waals surface area contributed by atoms with E-state index in [1.807, 2.05) is 6.07 Å². The Kier molecular flexibility index (Phi) is 2.04. The molecule has 2 unspecified atom stereocenters. The molecule has 0 amide bonds. The van der Waals surface area contributed by atoms with Crippen molar-refractivity contribution < 1.29 is 4.74 Å². The number of hydrogen-bond donors (Lipinski definition) is 1. The van der Waals surface area contributed by atoms with E-state index in [1.165, 1.54) is 12.7 Å². The molecule has 1 aromatic heterocycles. The van der Waals surface area contributed by atoms with Crippen molar-refractivity contribution in [2.24, 2.45) is 5.92 Å². The van der Waals surface area contributed by atoms with Gasteiger partial charge in [-0.3, -0.25) is 0 Å². The van der Waals surface area contributed by atoms with Gasteiger partial charge < -0.3 is 10.1 Å². The first-order valence-corrected chi connectivity index (χ1v) is 4.42. The largest absolute Gasteiger partial charge is 0.481 e. The molecular formula is C9H13N3O. The third-order valence-corrected chi connectivity index (χ3v) is 2.29. The SMILES string of the molecule is COc1cc(NC2CC2C)ncn1. The second kappa shape index (κ2) is 3.20. The van der Waals surface area contributed by atoms with Crippen molar-refractivity contribution in [3.63, 3.8) is 0 Å². The highest BCUT2D eigenvalue weighted by atomic mass is 16.5. The molecule has 0 saturated heterocycles. The lowest BCUT2D eigenvalue weighted by Crippen LogP contribution is -2.05. The summed E-state index contributed by atoms with van der Waals surface area (Å²) in [5, 5.41) is 3.31. The minimum atomic E-state index is 0.583. The van der Waals surface area contributed by atoms with Gasteiger partial charge in [-0.1, -0.05) is 6.92 Å². The van der Waals surface area contributed by atoms with Crippen molar-refractivity contribution in [3.8, 4) is 5.88 Å². The van der Waals surface area contributed by atoms with Gasteiger partial charge in [0.2, 0.25) is 5.88 Å². The quantitative estimate of drug-likeness (QED) is 0.759. The van der Waals surface area contributed by atoms with Crippen molar-refractivity contribution in [2.75, 3.05) is 12.4 Å². The average Bonchev–Trinajstić information content (AvgIpc) is 2.82. The summed E-state index contributed by atoms with van der Waals surface area (Å²) in [7, 11) is 1.60. The first-order valence-electron chi connectivity index (χ1n) is 4.42. The number of hydrogen-bond acceptors (Lipinski definition) is 4. The Bertz CT molecular complexity index is 303. The number of nitrogens with one attached hydrogen (secondary N) is 1. The van der Waals surface area contributed by atoms with E-state index in [2.05, 4.69) is 22.2 Å². The first-order chi connectivity index (χ1) is 6.29. The highest BCUT2D eigenvalue weighted by Crippen LogP contribution is 2.32. The Hall–Kier alpha value is -1.32. The van der Waals surface area contributed by atoms with Gasteiger partial charge in [0.15, 0.2) is 0 Å². The van der Waals surface area contributed by atoms with Gasteiger partial charge in [0.1, 0.15) is 12.1 Å². The predicted molar refractivity (Wildman–Crippen MR) is 49.8 cm³/mol. The lowest BCUT2D eigenvalue weighted by atomic mass is 10.4. The fraction of sp³-hybridized carbons (Fsp3) is 0.556. The number of ether oxygens (including phenoxy) is 1. The monoisotopic (exact) mass is 179 g/mol. The van der Waals surface area contributed by atoms with Crippen molar-refractivity contribution in [1.82, 2.24) is 9.97 Å². The Balaban J connectivity index is 2.03. The van der Waals surface area contributed by atoms with Crippen LogP contribution in [0.3, 0.4) is 0 Å². The first kappa shape index (κ1) is 8.29. The molecule has 2 rings (SSSR count). The maximum atomic E-state index is 4.99. The van der Waals surface area contributed by atoms with Crippen LogP contribution >= 0.6 is 0 Å². The topological polar surface area (TPSA) is 47.0 Å². The molecule has 4 nitrogen and oxygen atoms in total. The second-order valence-electron chi connectivity index (χ2n) is 3.41. The summed E-state index contributed by atoms with van der Waals surface area (Å²) in [6.45, 7) is 2.22. The smallest absolute Gasteiger partial charge is 0.218 e. The summed E-state index contributed by atoms with van der Waals surface area (Å²) < 4.78 is 4.99. The molecule has 1 fully saturated rings. The Morgan fingerprint density at radius 3 is 2.92 bits per heavy atom. The highest BCUT2D eigenvalue weighted by Gasteiger charge is 2.32. The molecule has 0 radical (unpaired) electrons. The van der Waals surface area contributed by atoms with Crippen LogP contribution in [-0.2, 0) is 0 Å². The molecular weight excluding hydrogens is 166 g/mol. The lowest BCUT2D eigenvalue weighted by Gasteiger charge is -2.04. The van der Waals surface area contributed by atoms with Crippen LogP contribution < -0.4 is 10.1 Å². The maximum absolute atomic E-state index is 4.99. The number of aromatic nitrogens is 2. The van der Waals surface area contributed by atoms with E-state index in [0.29, 0.717) is 11.9 Å². The molecule has 0 aliphatic heterocycles. The molecule has 0 aromatic carbocycles. The minimum absolute atomic E-state index is 0.583. The summed E-state index contributed by atoms with van der Waals surface area (Å²) in [4.78, 5) is 8.03. The van der Waals surface area contributed by atoms with Crippen molar-refractivity contribution in [1.29, 1.82) is 0 Å². The standard InChI is InChI=1S/C9H13N3O/c1-6-3-7(6)12-8-4-9(13-2)11-5-10-8/h4-7H,3H2,1-2H3,(H,10,11,12). The molecule has 0 spiro atoms. The number of nitrogens with zero attached hydrogens (tertiary/aromatic N) is 2. The molecule has 4 heteroatoms. The van der Waals surface area contributed by atoms with E-state index in [1.54, 1.807) is 7.11 Å². The molecule has 1 N–H and O–H groups in total.